The van der Waals surface area contributed by atoms with Gasteiger partial charge in [-0.25, -0.2) is 0 Å². The molecular weight excluding hydrogens is 304 g/mol. The molecule has 2 heterocycles. The van der Waals surface area contributed by atoms with E-state index in [1.54, 1.807) is 0 Å². The van der Waals surface area contributed by atoms with Gasteiger partial charge in [0.25, 0.3) is 0 Å². The van der Waals surface area contributed by atoms with E-state index in [0.29, 0.717) is 5.78 Å². The summed E-state index contributed by atoms with van der Waals surface area (Å²) >= 11 is 1.84. The van der Waals surface area contributed by atoms with E-state index >= 15 is 0 Å². The maximum absolute atomic E-state index is 13.6. The summed E-state index contributed by atoms with van der Waals surface area (Å²) in [5.41, 5.74) is 3.27. The summed E-state index contributed by atoms with van der Waals surface area (Å²) in [6.07, 6.45) is 6.45. The van der Waals surface area contributed by atoms with E-state index in [9.17, 15) is 4.79 Å². The van der Waals surface area contributed by atoms with E-state index in [4.69, 9.17) is 4.74 Å². The first kappa shape index (κ1) is 15.3. The lowest BCUT2D eigenvalue weighted by molar-refractivity contribution is -0.0123. The second-order valence-corrected chi connectivity index (χ2v) is 8.61. The summed E-state index contributed by atoms with van der Waals surface area (Å²) in [5.74, 6) is 2.05. The van der Waals surface area contributed by atoms with Crippen molar-refractivity contribution in [3.8, 4) is 5.75 Å². The van der Waals surface area contributed by atoms with Crippen LogP contribution in [0, 0.1) is 0 Å². The largest absolute Gasteiger partial charge is 0.485 e. The monoisotopic (exact) mass is 328 g/mol. The minimum atomic E-state index is -0.425. The van der Waals surface area contributed by atoms with E-state index < -0.39 is 4.75 Å². The summed E-state index contributed by atoms with van der Waals surface area (Å²) in [5, 5.41) is 0. The van der Waals surface area contributed by atoms with Gasteiger partial charge in [-0.1, -0.05) is 29.7 Å². The molecule has 0 bridgehead atoms. The number of fused-ring (bicyclic) bond motifs is 2. The lowest BCUT2D eigenvalue weighted by Gasteiger charge is -2.55. The average molecular weight is 328 g/mol. The van der Waals surface area contributed by atoms with Crippen LogP contribution in [0.3, 0.4) is 0 Å². The van der Waals surface area contributed by atoms with Crippen molar-refractivity contribution in [3.63, 3.8) is 0 Å². The Balaban J connectivity index is 1.88. The number of para-hydroxylation sites is 1. The van der Waals surface area contributed by atoms with E-state index in [0.717, 1.165) is 36.3 Å². The molecule has 2 nitrogen and oxygen atoms in total. The predicted molar refractivity (Wildman–Crippen MR) is 95.4 cm³/mol. The second-order valence-electron chi connectivity index (χ2n) is 7.34. The molecule has 23 heavy (non-hydrogen) atoms. The van der Waals surface area contributed by atoms with Gasteiger partial charge in [-0.05, 0) is 58.1 Å². The number of Topliss-reactive ketones (excluding diaryl/α,β-unsaturated/α-hetero) is 1. The van der Waals surface area contributed by atoms with Crippen molar-refractivity contribution in [2.24, 2.45) is 0 Å². The molecule has 1 aromatic carbocycles. The lowest BCUT2D eigenvalue weighted by atomic mass is 9.67. The number of hydrogen-bond acceptors (Lipinski definition) is 3. The van der Waals surface area contributed by atoms with Crippen LogP contribution in [0.25, 0.3) is 0 Å². The third-order valence-corrected chi connectivity index (χ3v) is 7.75. The van der Waals surface area contributed by atoms with Crippen LogP contribution in [0.1, 0.15) is 62.7 Å². The highest BCUT2D eigenvalue weighted by atomic mass is 32.2. The molecule has 1 aromatic rings. The van der Waals surface area contributed by atoms with Gasteiger partial charge >= 0.3 is 0 Å². The molecule has 0 aromatic heterocycles. The van der Waals surface area contributed by atoms with Crippen LogP contribution < -0.4 is 4.74 Å². The zero-order valence-corrected chi connectivity index (χ0v) is 14.8. The van der Waals surface area contributed by atoms with Crippen molar-refractivity contribution in [1.29, 1.82) is 0 Å². The first-order chi connectivity index (χ1) is 11.1. The first-order valence-electron chi connectivity index (χ1n) is 8.70. The van der Waals surface area contributed by atoms with E-state index in [2.05, 4.69) is 13.8 Å². The Morgan fingerprint density at radius 3 is 2.52 bits per heavy atom. The van der Waals surface area contributed by atoms with Gasteiger partial charge in [0.1, 0.15) is 16.1 Å². The fourth-order valence-corrected chi connectivity index (χ4v) is 6.24. The van der Waals surface area contributed by atoms with Crippen molar-refractivity contribution in [1.82, 2.24) is 0 Å². The third-order valence-electron chi connectivity index (χ3n) is 5.98. The molecule has 1 unspecified atom stereocenters. The van der Waals surface area contributed by atoms with E-state index in [1.165, 1.54) is 30.4 Å². The van der Waals surface area contributed by atoms with Crippen molar-refractivity contribution >= 4 is 17.5 Å². The Kier molecular flexibility index (Phi) is 3.60. The molecule has 1 fully saturated rings. The van der Waals surface area contributed by atoms with E-state index in [-0.39, 0.29) is 5.60 Å². The Labute approximate surface area is 142 Å². The van der Waals surface area contributed by atoms with Crippen LogP contribution in [-0.4, -0.2) is 21.9 Å². The zero-order chi connectivity index (χ0) is 16.1. The number of ether oxygens (including phenoxy) is 1. The van der Waals surface area contributed by atoms with Crippen LogP contribution in [0.4, 0.5) is 0 Å². The molecule has 1 saturated carbocycles. The fraction of sp³-hybridized carbons (Fsp3) is 0.550. The van der Waals surface area contributed by atoms with Gasteiger partial charge in [-0.2, -0.15) is 0 Å². The lowest BCUT2D eigenvalue weighted by Crippen LogP contribution is -2.64. The van der Waals surface area contributed by atoms with Crippen LogP contribution in [0.15, 0.2) is 35.4 Å². The van der Waals surface area contributed by atoms with Gasteiger partial charge in [0.15, 0.2) is 5.78 Å². The smallest absolute Gasteiger partial charge is 0.187 e. The molecule has 3 heteroatoms. The highest BCUT2D eigenvalue weighted by Gasteiger charge is 2.62. The van der Waals surface area contributed by atoms with Gasteiger partial charge in [-0.15, -0.1) is 11.8 Å². The molecule has 1 aliphatic carbocycles. The SMILES string of the molecule is CC1=C(C)CC2(SC1)C(=O)c1ccccc1OC21CCCCC1. The molecule has 2 aliphatic heterocycles. The minimum absolute atomic E-state index is 0.304. The summed E-state index contributed by atoms with van der Waals surface area (Å²) < 4.78 is 6.22. The van der Waals surface area contributed by atoms with Crippen molar-refractivity contribution in [2.45, 2.75) is 62.7 Å². The fourth-order valence-electron chi connectivity index (χ4n) is 4.46. The number of carbonyl (C=O) groups is 1. The van der Waals surface area contributed by atoms with Gasteiger partial charge in [0.05, 0.1) is 5.56 Å². The molecule has 0 N–H and O–H groups in total. The average Bonchev–Trinajstić information content (AvgIpc) is 2.57. The molecule has 4 rings (SSSR count). The number of thioether (sulfide) groups is 1. The second kappa shape index (κ2) is 5.41. The topological polar surface area (TPSA) is 26.3 Å². The third kappa shape index (κ3) is 2.12. The molecule has 0 radical (unpaired) electrons. The Morgan fingerprint density at radius 1 is 1.04 bits per heavy atom. The normalized spacial score (nSPS) is 29.6. The van der Waals surface area contributed by atoms with Crippen molar-refractivity contribution in [2.75, 3.05) is 5.75 Å². The van der Waals surface area contributed by atoms with Crippen LogP contribution in [-0.2, 0) is 0 Å². The molecule has 1 atom stereocenters. The molecule has 122 valence electrons. The van der Waals surface area contributed by atoms with Gasteiger partial charge in [-0.3, -0.25) is 4.79 Å². The summed E-state index contributed by atoms with van der Waals surface area (Å²) in [6, 6.07) is 7.84. The molecule has 3 aliphatic rings. The first-order valence-corrected chi connectivity index (χ1v) is 9.69. The summed E-state index contributed by atoms with van der Waals surface area (Å²) in [7, 11) is 0. The quantitative estimate of drug-likeness (QED) is 0.614. The maximum Gasteiger partial charge on any atom is 0.187 e. The molecular formula is C20H24O2S. The number of carbonyl (C=O) groups excluding carboxylic acids is 1. The van der Waals surface area contributed by atoms with Gasteiger partial charge < -0.3 is 4.74 Å². The van der Waals surface area contributed by atoms with Crippen LogP contribution in [0.5, 0.6) is 5.75 Å². The van der Waals surface area contributed by atoms with Gasteiger partial charge in [0.2, 0.25) is 0 Å². The minimum Gasteiger partial charge on any atom is -0.485 e. The highest BCUT2D eigenvalue weighted by Crippen LogP contribution is 2.57. The maximum atomic E-state index is 13.6. The number of ketones is 1. The molecule has 0 saturated heterocycles. The number of allylic oxidation sites excluding steroid dienone is 1. The summed E-state index contributed by atoms with van der Waals surface area (Å²) in [6.45, 7) is 4.39. The highest BCUT2D eigenvalue weighted by molar-refractivity contribution is 8.01. The molecule has 0 amide bonds. The summed E-state index contributed by atoms with van der Waals surface area (Å²) in [4.78, 5) is 13.6. The predicted octanol–water partition coefficient (Wildman–Crippen LogP) is 5.18. The standard InChI is InChI=1S/C20H24O2S/c1-14-12-20(23-13-15(14)2)18(21)16-8-4-5-9-17(16)22-19(20)10-6-3-7-11-19/h4-5,8-9H,3,6-7,10-13H2,1-2H3. The van der Waals surface area contributed by atoms with Crippen LogP contribution in [0.2, 0.25) is 0 Å². The number of benzene rings is 1. The van der Waals surface area contributed by atoms with E-state index in [1.807, 2.05) is 36.0 Å². The Morgan fingerprint density at radius 2 is 1.78 bits per heavy atom. The van der Waals surface area contributed by atoms with Gasteiger partial charge in [0, 0.05) is 5.75 Å². The number of hydrogen-bond donors (Lipinski definition) is 0. The Bertz CT molecular complexity index is 685. The molecule has 2 spiro atoms. The van der Waals surface area contributed by atoms with Crippen molar-refractivity contribution < 1.29 is 9.53 Å². The zero-order valence-electron chi connectivity index (χ0n) is 14.0. The van der Waals surface area contributed by atoms with Crippen LogP contribution >= 0.6 is 11.8 Å². The number of rotatable bonds is 0. The van der Waals surface area contributed by atoms with Crippen molar-refractivity contribution in [3.05, 3.63) is 41.0 Å². The Hall–Kier alpha value is -1.22.